The van der Waals surface area contributed by atoms with Gasteiger partial charge in [-0.05, 0) is 37.2 Å². The molecule has 48 heavy (non-hydrogen) atoms. The van der Waals surface area contributed by atoms with Gasteiger partial charge in [-0.3, -0.25) is 24.0 Å². The summed E-state index contributed by atoms with van der Waals surface area (Å²) in [5.41, 5.74) is 0. The van der Waals surface area contributed by atoms with Crippen LogP contribution < -0.4 is 0 Å². The minimum Gasteiger partial charge on any atom is -0.481 e. The van der Waals surface area contributed by atoms with Gasteiger partial charge in [0.1, 0.15) is 10.5 Å². The number of carboxylic acid groups (broad SMARTS) is 4. The Labute approximate surface area is 298 Å². The van der Waals surface area contributed by atoms with Crippen LogP contribution in [0.3, 0.4) is 0 Å². The van der Waals surface area contributed by atoms with Crippen LogP contribution in [-0.4, -0.2) is 87.0 Å². The summed E-state index contributed by atoms with van der Waals surface area (Å²) in [5, 5.41) is 34.6. The normalized spacial score (nSPS) is 13.8. The van der Waals surface area contributed by atoms with Crippen LogP contribution in [0.15, 0.2) is 0 Å². The Morgan fingerprint density at radius 2 is 0.958 bits per heavy atom. The second-order valence-electron chi connectivity index (χ2n) is 13.3. The summed E-state index contributed by atoms with van der Waals surface area (Å²) in [6, 6.07) is 2.81. The summed E-state index contributed by atoms with van der Waals surface area (Å²) < 4.78 is 5.48. The van der Waals surface area contributed by atoms with Crippen molar-refractivity contribution in [2.75, 3.05) is 18.1 Å². The van der Waals surface area contributed by atoms with Gasteiger partial charge < -0.3 is 25.2 Å². The molecular weight excluding hydrogens is 673 g/mol. The molecule has 0 heterocycles. The summed E-state index contributed by atoms with van der Waals surface area (Å²) in [6.45, 7) is 4.91. The largest absolute Gasteiger partial charge is 0.481 e. The maximum absolute atomic E-state index is 12.2. The predicted molar refractivity (Wildman–Crippen MR) is 198 cm³/mol. The Balaban J connectivity index is 4.43. The molecule has 0 aliphatic rings. The summed E-state index contributed by atoms with van der Waals surface area (Å²) >= 11 is 2.30. The predicted octanol–water partition coefficient (Wildman–Crippen LogP) is 8.97. The fourth-order valence-electron chi connectivity index (χ4n) is 5.78. The molecule has 0 spiro atoms. The number of ether oxygens (including phenoxy) is 1. The van der Waals surface area contributed by atoms with Crippen LogP contribution in [0.2, 0.25) is 24.7 Å². The van der Waals surface area contributed by atoms with Gasteiger partial charge in [-0.25, -0.2) is 0 Å². The third-order valence-electron chi connectivity index (χ3n) is 8.68. The Bertz CT molecular complexity index is 863. The molecule has 0 bridgehead atoms. The van der Waals surface area contributed by atoms with Crippen LogP contribution in [0.25, 0.3) is 0 Å². The van der Waals surface area contributed by atoms with Gasteiger partial charge in [-0.1, -0.05) is 115 Å². The van der Waals surface area contributed by atoms with Gasteiger partial charge >= 0.3 is 29.8 Å². The number of carbonyl (C=O) groups excluding carboxylic acids is 1. The van der Waals surface area contributed by atoms with E-state index in [0.717, 1.165) is 86.6 Å². The second kappa shape index (κ2) is 30.1. The average molecular weight is 737 g/mol. The van der Waals surface area contributed by atoms with Crippen molar-refractivity contribution in [2.24, 2.45) is 0 Å². The van der Waals surface area contributed by atoms with Crippen LogP contribution in [0.1, 0.15) is 135 Å². The zero-order valence-electron chi connectivity index (χ0n) is 29.6. The van der Waals surface area contributed by atoms with Crippen molar-refractivity contribution in [1.29, 1.82) is 0 Å². The molecule has 10 nitrogen and oxygen atoms in total. The Kier molecular flexibility index (Phi) is 29.0. The fourth-order valence-corrected chi connectivity index (χ4v) is 12.2. The van der Waals surface area contributed by atoms with Gasteiger partial charge in [0.15, 0.2) is 0 Å². The number of hydrogen-bond acceptors (Lipinski definition) is 8. The van der Waals surface area contributed by atoms with Crippen molar-refractivity contribution in [3.63, 3.8) is 0 Å². The summed E-state index contributed by atoms with van der Waals surface area (Å²) in [6.07, 6.45) is 19.1. The highest BCUT2D eigenvalue weighted by Crippen LogP contribution is 2.30. The Morgan fingerprint density at radius 3 is 1.35 bits per heavy atom. The molecule has 13 heteroatoms. The van der Waals surface area contributed by atoms with Gasteiger partial charge in [-0.2, -0.15) is 0 Å². The molecule has 0 radical (unpaired) electrons. The lowest BCUT2D eigenvalue weighted by molar-refractivity contribution is -0.144. The highest BCUT2D eigenvalue weighted by molar-refractivity contribution is 8.00. The zero-order valence-corrected chi connectivity index (χ0v) is 32.2. The van der Waals surface area contributed by atoms with E-state index in [0.29, 0.717) is 24.5 Å². The number of aliphatic carboxylic acids is 4. The minimum absolute atomic E-state index is 0.143. The van der Waals surface area contributed by atoms with Gasteiger partial charge in [-0.15, -0.1) is 23.5 Å². The number of hydrogen-bond donors (Lipinski definition) is 4. The van der Waals surface area contributed by atoms with Crippen molar-refractivity contribution in [3.05, 3.63) is 0 Å². The standard InChI is InChI=1S/C35H64O10S2Si/c1-3-4-5-6-7-8-9-10-11-12-13-14-15-20-33(40)45-21-16-17-24-48(2,25-18-22-46-29(34(41)42)27-31(36)37)26-19-23-47-30(35(43)44)28-32(38)39/h29-30H,3-28H2,1-2H3,(H,36,37)(H,38,39)(H,41,42)(H,43,44). The van der Waals surface area contributed by atoms with E-state index in [4.69, 9.17) is 14.9 Å². The van der Waals surface area contributed by atoms with Crippen LogP contribution in [0.4, 0.5) is 0 Å². The van der Waals surface area contributed by atoms with E-state index in [2.05, 4.69) is 13.5 Å². The second-order valence-corrected chi connectivity index (χ2v) is 21.0. The smallest absolute Gasteiger partial charge is 0.317 e. The lowest BCUT2D eigenvalue weighted by atomic mass is 10.0. The molecule has 0 fully saturated rings. The van der Waals surface area contributed by atoms with Crippen molar-refractivity contribution >= 4 is 61.4 Å². The highest BCUT2D eigenvalue weighted by Gasteiger charge is 2.28. The first-order valence-electron chi connectivity index (χ1n) is 18.2. The van der Waals surface area contributed by atoms with Crippen LogP contribution in [0.5, 0.6) is 0 Å². The monoisotopic (exact) mass is 736 g/mol. The van der Waals surface area contributed by atoms with E-state index in [1.165, 1.54) is 64.2 Å². The summed E-state index contributed by atoms with van der Waals surface area (Å²) in [7, 11) is -1.84. The first kappa shape index (κ1) is 46.3. The topological polar surface area (TPSA) is 176 Å². The molecule has 0 aromatic heterocycles. The van der Waals surface area contributed by atoms with E-state index in [-0.39, 0.29) is 5.97 Å². The van der Waals surface area contributed by atoms with Crippen LogP contribution in [0, 0.1) is 0 Å². The number of carboxylic acids is 4. The molecule has 2 atom stereocenters. The molecule has 0 aliphatic carbocycles. The Hall–Kier alpha value is -1.73. The number of rotatable bonds is 35. The minimum atomic E-state index is -1.84. The van der Waals surface area contributed by atoms with Crippen molar-refractivity contribution in [2.45, 2.75) is 171 Å². The fraction of sp³-hybridized carbons (Fsp3) is 0.857. The lowest BCUT2D eigenvalue weighted by Crippen LogP contribution is -2.30. The van der Waals surface area contributed by atoms with Crippen LogP contribution >= 0.6 is 23.5 Å². The summed E-state index contributed by atoms with van der Waals surface area (Å²) in [4.78, 5) is 57.0. The molecular formula is C35H64O10S2Si. The maximum Gasteiger partial charge on any atom is 0.317 e. The van der Waals surface area contributed by atoms with E-state index < -0.39 is 55.3 Å². The molecule has 0 aromatic carbocycles. The SMILES string of the molecule is CCCCCCCCCCCCCCCC(=O)OCCCC[Si](C)(CCCSC(CC(=O)O)C(=O)O)CCCSC(CC(=O)O)C(=O)O. The molecule has 0 aliphatic heterocycles. The van der Waals surface area contributed by atoms with E-state index >= 15 is 0 Å². The number of thioether (sulfide) groups is 2. The van der Waals surface area contributed by atoms with E-state index in [9.17, 15) is 34.2 Å². The lowest BCUT2D eigenvalue weighted by Gasteiger charge is -2.28. The van der Waals surface area contributed by atoms with E-state index in [1.54, 1.807) is 0 Å². The third kappa shape index (κ3) is 28.1. The molecule has 280 valence electrons. The third-order valence-corrected chi connectivity index (χ3v) is 16.0. The molecule has 0 amide bonds. The van der Waals surface area contributed by atoms with Crippen LogP contribution in [-0.2, 0) is 28.7 Å². The molecule has 0 saturated heterocycles. The number of esters is 1. The summed E-state index contributed by atoms with van der Waals surface area (Å²) in [5.74, 6) is -3.60. The van der Waals surface area contributed by atoms with Crippen molar-refractivity contribution in [1.82, 2.24) is 0 Å². The molecule has 0 saturated carbocycles. The Morgan fingerprint density at radius 1 is 0.562 bits per heavy atom. The van der Waals surface area contributed by atoms with Gasteiger partial charge in [0.05, 0.1) is 27.5 Å². The number of unbranched alkanes of at least 4 members (excludes halogenated alkanes) is 13. The molecule has 0 rings (SSSR count). The van der Waals surface area contributed by atoms with Gasteiger partial charge in [0, 0.05) is 6.42 Å². The quantitative estimate of drug-likeness (QED) is 0.0276. The van der Waals surface area contributed by atoms with Crippen molar-refractivity contribution < 1.29 is 49.1 Å². The van der Waals surface area contributed by atoms with E-state index in [1.807, 2.05) is 0 Å². The zero-order chi connectivity index (χ0) is 36.0. The average Bonchev–Trinajstić information content (AvgIpc) is 3.01. The number of carbonyl (C=O) groups is 5. The molecule has 0 aromatic rings. The molecule has 2 unspecified atom stereocenters. The van der Waals surface area contributed by atoms with Crippen molar-refractivity contribution in [3.8, 4) is 0 Å². The molecule has 4 N–H and O–H groups in total. The first-order chi connectivity index (χ1) is 22.9. The van der Waals surface area contributed by atoms with Gasteiger partial charge in [0.25, 0.3) is 0 Å². The highest BCUT2D eigenvalue weighted by atomic mass is 32.2. The van der Waals surface area contributed by atoms with Gasteiger partial charge in [0.2, 0.25) is 0 Å². The maximum atomic E-state index is 12.2. The first-order valence-corrected chi connectivity index (χ1v) is 23.4.